The van der Waals surface area contributed by atoms with E-state index in [1.165, 1.54) is 11.1 Å². The third-order valence-electron chi connectivity index (χ3n) is 5.17. The van der Waals surface area contributed by atoms with Crippen LogP contribution in [0.5, 0.6) is 0 Å². The first-order chi connectivity index (χ1) is 14.6. The number of ether oxygens (including phenoxy) is 1. The Kier molecular flexibility index (Phi) is 5.80. The van der Waals surface area contributed by atoms with Crippen LogP contribution >= 0.6 is 0 Å². The number of nitrogens with one attached hydrogen (secondary N) is 1. The highest BCUT2D eigenvalue weighted by Crippen LogP contribution is 2.33. The summed E-state index contributed by atoms with van der Waals surface area (Å²) in [5, 5.41) is 6.83. The second kappa shape index (κ2) is 8.82. The summed E-state index contributed by atoms with van der Waals surface area (Å²) in [6.45, 7) is 3.63. The predicted octanol–water partition coefficient (Wildman–Crippen LogP) is 6.69. The molecule has 1 amide bonds. The van der Waals surface area contributed by atoms with Gasteiger partial charge in [-0.3, -0.25) is 5.32 Å². The average molecular weight is 400 g/mol. The van der Waals surface area contributed by atoms with Gasteiger partial charge in [0.05, 0.1) is 0 Å². The van der Waals surface area contributed by atoms with Crippen molar-refractivity contribution in [2.24, 2.45) is 0 Å². The molecule has 1 aliphatic carbocycles. The zero-order valence-electron chi connectivity index (χ0n) is 17.1. The van der Waals surface area contributed by atoms with E-state index in [1.807, 2.05) is 49.4 Å². The second-order valence-electron chi connectivity index (χ2n) is 7.29. The van der Waals surface area contributed by atoms with Crippen LogP contribution in [0.15, 0.2) is 77.3 Å². The second-order valence-corrected chi connectivity index (χ2v) is 7.29. The molecule has 1 aromatic heterocycles. The quantitative estimate of drug-likeness (QED) is 0.518. The molecule has 0 aliphatic heterocycles. The molecule has 0 bridgehead atoms. The maximum atomic E-state index is 12.5. The molecule has 5 nitrogen and oxygen atoms in total. The lowest BCUT2D eigenvalue weighted by Gasteiger charge is -2.14. The van der Waals surface area contributed by atoms with Crippen molar-refractivity contribution in [2.45, 2.75) is 32.8 Å². The number of amides is 1. The molecule has 152 valence electrons. The first-order valence-corrected chi connectivity index (χ1v) is 10.1. The van der Waals surface area contributed by atoms with Gasteiger partial charge in [0.25, 0.3) is 0 Å². The van der Waals surface area contributed by atoms with Crippen LogP contribution < -0.4 is 5.32 Å². The lowest BCUT2D eigenvalue weighted by molar-refractivity contribution is 0.121. The first-order valence-electron chi connectivity index (χ1n) is 10.1. The monoisotopic (exact) mass is 400 g/mol. The van der Waals surface area contributed by atoms with Crippen LogP contribution in [0.4, 0.5) is 10.5 Å². The summed E-state index contributed by atoms with van der Waals surface area (Å²) in [6, 6.07) is 17.7. The van der Waals surface area contributed by atoms with Crippen LogP contribution in [-0.2, 0) is 4.74 Å². The predicted molar refractivity (Wildman–Crippen MR) is 118 cm³/mol. The number of carbonyl (C=O) groups excluding carboxylic acids is 1. The molecule has 3 aromatic rings. The minimum atomic E-state index is -0.547. The molecule has 5 heteroatoms. The van der Waals surface area contributed by atoms with Crippen molar-refractivity contribution in [3.63, 3.8) is 0 Å². The molecule has 0 saturated heterocycles. The molecule has 1 atom stereocenters. The largest absolute Gasteiger partial charge is 0.441 e. The summed E-state index contributed by atoms with van der Waals surface area (Å²) in [5.74, 6) is 0.515. The standard InChI is InChI=1S/C25H24N2O3/c1-17-23(26-25(28)29-18(2)19-9-5-3-6-10-19)24(30-27-17)22-15-13-21(14-16-22)20-11-7-4-8-12-20/h3-7,9-11,13-16,18H,8,12H2,1-2H3,(H,26,28)/t18-/m0/s1. The van der Waals surface area contributed by atoms with Gasteiger partial charge in [0.15, 0.2) is 5.76 Å². The molecule has 30 heavy (non-hydrogen) atoms. The Labute approximate surface area is 176 Å². The van der Waals surface area contributed by atoms with E-state index in [0.29, 0.717) is 17.1 Å². The highest BCUT2D eigenvalue weighted by atomic mass is 16.6. The van der Waals surface area contributed by atoms with Crippen molar-refractivity contribution >= 4 is 17.4 Å². The van der Waals surface area contributed by atoms with Crippen molar-refractivity contribution in [2.75, 3.05) is 5.32 Å². The van der Waals surface area contributed by atoms with Crippen LogP contribution in [0.1, 0.15) is 42.7 Å². The molecule has 4 rings (SSSR count). The van der Waals surface area contributed by atoms with Crippen LogP contribution in [-0.4, -0.2) is 11.2 Å². The number of benzene rings is 2. The van der Waals surface area contributed by atoms with Crippen LogP contribution in [0.25, 0.3) is 16.9 Å². The van der Waals surface area contributed by atoms with Gasteiger partial charge in [-0.1, -0.05) is 78.0 Å². The molecule has 0 fully saturated rings. The molecule has 0 saturated carbocycles. The minimum absolute atomic E-state index is 0.369. The topological polar surface area (TPSA) is 64.4 Å². The lowest BCUT2D eigenvalue weighted by Crippen LogP contribution is -2.16. The van der Waals surface area contributed by atoms with Gasteiger partial charge in [-0.05, 0) is 43.4 Å². The van der Waals surface area contributed by atoms with E-state index in [4.69, 9.17) is 9.26 Å². The summed E-state index contributed by atoms with van der Waals surface area (Å²) in [4.78, 5) is 12.5. The molecule has 2 aromatic carbocycles. The van der Waals surface area contributed by atoms with E-state index >= 15 is 0 Å². The molecule has 0 spiro atoms. The number of aryl methyl sites for hydroxylation is 1. The van der Waals surface area contributed by atoms with Crippen molar-refractivity contribution in [1.82, 2.24) is 5.16 Å². The van der Waals surface area contributed by atoms with Crippen molar-refractivity contribution < 1.29 is 14.1 Å². The molecule has 0 unspecified atom stereocenters. The van der Waals surface area contributed by atoms with E-state index in [1.54, 1.807) is 6.92 Å². The molecule has 0 radical (unpaired) electrons. The third-order valence-corrected chi connectivity index (χ3v) is 5.17. The van der Waals surface area contributed by atoms with Gasteiger partial charge >= 0.3 is 6.09 Å². The Hall–Kier alpha value is -3.60. The maximum Gasteiger partial charge on any atom is 0.412 e. The van der Waals surface area contributed by atoms with Crippen LogP contribution in [0.3, 0.4) is 0 Å². The Morgan fingerprint density at radius 2 is 1.83 bits per heavy atom. The normalized spacial score (nSPS) is 14.1. The van der Waals surface area contributed by atoms with E-state index in [2.05, 4.69) is 40.8 Å². The van der Waals surface area contributed by atoms with E-state index in [-0.39, 0.29) is 6.10 Å². The van der Waals surface area contributed by atoms with Gasteiger partial charge in [0.2, 0.25) is 0 Å². The number of rotatable bonds is 5. The summed E-state index contributed by atoms with van der Waals surface area (Å²) in [7, 11) is 0. The summed E-state index contributed by atoms with van der Waals surface area (Å²) in [5.41, 5.74) is 5.39. The van der Waals surface area contributed by atoms with Crippen LogP contribution in [0, 0.1) is 6.92 Å². The van der Waals surface area contributed by atoms with Gasteiger partial charge in [-0.2, -0.15) is 0 Å². The maximum absolute atomic E-state index is 12.5. The van der Waals surface area contributed by atoms with Gasteiger partial charge in [0.1, 0.15) is 17.5 Å². The summed E-state index contributed by atoms with van der Waals surface area (Å²) in [6.07, 6.45) is 7.60. The molecule has 1 aliphatic rings. The fourth-order valence-electron chi connectivity index (χ4n) is 3.48. The van der Waals surface area contributed by atoms with Gasteiger partial charge in [-0.15, -0.1) is 0 Å². The number of anilines is 1. The van der Waals surface area contributed by atoms with E-state index in [0.717, 1.165) is 24.0 Å². The SMILES string of the molecule is Cc1noc(-c2ccc(C3=CC=CCC3)cc2)c1NC(=O)O[C@@H](C)c1ccccc1. The van der Waals surface area contributed by atoms with Gasteiger partial charge < -0.3 is 9.26 Å². The van der Waals surface area contributed by atoms with Crippen molar-refractivity contribution in [3.05, 3.63) is 89.6 Å². The zero-order chi connectivity index (χ0) is 20.9. The van der Waals surface area contributed by atoms with E-state index < -0.39 is 6.09 Å². The number of hydrogen-bond donors (Lipinski definition) is 1. The van der Waals surface area contributed by atoms with Gasteiger partial charge in [0, 0.05) is 5.56 Å². The Morgan fingerprint density at radius 1 is 1.10 bits per heavy atom. The summed E-state index contributed by atoms with van der Waals surface area (Å²) >= 11 is 0. The fourth-order valence-corrected chi connectivity index (χ4v) is 3.48. The molecular weight excluding hydrogens is 376 g/mol. The number of hydrogen-bond acceptors (Lipinski definition) is 4. The lowest BCUT2D eigenvalue weighted by atomic mass is 9.96. The molecule has 1 N–H and O–H groups in total. The zero-order valence-corrected chi connectivity index (χ0v) is 17.1. The Morgan fingerprint density at radius 3 is 2.53 bits per heavy atom. The van der Waals surface area contributed by atoms with Crippen molar-refractivity contribution in [1.29, 1.82) is 0 Å². The number of aromatic nitrogens is 1. The van der Waals surface area contributed by atoms with Gasteiger partial charge in [-0.25, -0.2) is 4.79 Å². The van der Waals surface area contributed by atoms with Crippen LogP contribution in [0.2, 0.25) is 0 Å². The molecular formula is C25H24N2O3. The third kappa shape index (κ3) is 4.35. The highest BCUT2D eigenvalue weighted by molar-refractivity contribution is 5.91. The Bertz CT molecular complexity index is 1080. The highest BCUT2D eigenvalue weighted by Gasteiger charge is 2.20. The molecule has 1 heterocycles. The van der Waals surface area contributed by atoms with E-state index in [9.17, 15) is 4.79 Å². The number of allylic oxidation sites excluding steroid dienone is 4. The Balaban J connectivity index is 1.49. The minimum Gasteiger partial charge on any atom is -0.441 e. The van der Waals surface area contributed by atoms with Crippen molar-refractivity contribution in [3.8, 4) is 11.3 Å². The summed E-state index contributed by atoms with van der Waals surface area (Å²) < 4.78 is 11.0. The first kappa shape index (κ1) is 19.7. The number of carbonyl (C=O) groups is 1. The number of nitrogens with zero attached hydrogens (tertiary/aromatic N) is 1. The fraction of sp³-hybridized carbons (Fsp3) is 0.200. The smallest absolute Gasteiger partial charge is 0.412 e. The average Bonchev–Trinajstić information content (AvgIpc) is 3.15.